The summed E-state index contributed by atoms with van der Waals surface area (Å²) in [6.45, 7) is 5.52. The van der Waals surface area contributed by atoms with Gasteiger partial charge in [0, 0.05) is 25.3 Å². The van der Waals surface area contributed by atoms with Crippen molar-refractivity contribution in [2.75, 3.05) is 24.6 Å². The summed E-state index contributed by atoms with van der Waals surface area (Å²) >= 11 is 0. The van der Waals surface area contributed by atoms with Gasteiger partial charge < -0.3 is 5.73 Å². The zero-order chi connectivity index (χ0) is 13.4. The molecule has 0 spiro atoms. The van der Waals surface area contributed by atoms with Gasteiger partial charge in [-0.3, -0.25) is 4.90 Å². The summed E-state index contributed by atoms with van der Waals surface area (Å²) in [4.78, 5) is 2.18. The summed E-state index contributed by atoms with van der Waals surface area (Å²) < 4.78 is 23.2. The molecule has 100 valence electrons. The van der Waals surface area contributed by atoms with Crippen molar-refractivity contribution in [1.29, 1.82) is 0 Å². The molecule has 5 heteroatoms. The van der Waals surface area contributed by atoms with E-state index < -0.39 is 14.6 Å². The van der Waals surface area contributed by atoms with Crippen LogP contribution in [-0.4, -0.2) is 36.9 Å². The largest absolute Gasteiger partial charge is 0.399 e. The molecule has 1 saturated heterocycles. The molecule has 0 saturated carbocycles. The number of nitrogens with zero attached hydrogens (tertiary/aromatic N) is 1. The molecule has 0 bridgehead atoms. The molecule has 1 aromatic carbocycles. The number of rotatable bonds is 2. The molecule has 0 amide bonds. The quantitative estimate of drug-likeness (QED) is 0.821. The normalized spacial score (nSPS) is 22.8. The molecule has 0 unspecified atom stereocenters. The zero-order valence-corrected chi connectivity index (χ0v) is 11.7. The predicted molar refractivity (Wildman–Crippen MR) is 74.0 cm³/mol. The number of hydrogen-bond donors (Lipinski definition) is 1. The van der Waals surface area contributed by atoms with E-state index in [0.29, 0.717) is 13.1 Å². The van der Waals surface area contributed by atoms with Crippen LogP contribution in [0.15, 0.2) is 24.3 Å². The minimum Gasteiger partial charge on any atom is -0.399 e. The summed E-state index contributed by atoms with van der Waals surface area (Å²) in [6.07, 6.45) is 0. The van der Waals surface area contributed by atoms with Crippen LogP contribution in [0.4, 0.5) is 5.69 Å². The highest BCUT2D eigenvalue weighted by Crippen LogP contribution is 2.25. The fourth-order valence-corrected chi connectivity index (χ4v) is 3.76. The standard InChI is InChI=1S/C13H20N2O2S/c1-13(2)10-15(6-7-18(13,16)17)9-11-4-3-5-12(14)8-11/h3-5,8H,6-7,9-10,14H2,1-2H3. The average Bonchev–Trinajstić information content (AvgIpc) is 2.24. The van der Waals surface area contributed by atoms with E-state index in [2.05, 4.69) is 4.90 Å². The Balaban J connectivity index is 2.09. The SMILES string of the molecule is CC1(C)CN(Cc2cccc(N)c2)CCS1(=O)=O. The summed E-state index contributed by atoms with van der Waals surface area (Å²) in [7, 11) is -2.96. The first-order chi connectivity index (χ1) is 8.30. The van der Waals surface area contributed by atoms with Crippen LogP contribution < -0.4 is 5.73 Å². The molecule has 0 radical (unpaired) electrons. The van der Waals surface area contributed by atoms with Gasteiger partial charge in [0.25, 0.3) is 0 Å². The second-order valence-corrected chi connectivity index (χ2v) is 8.28. The first kappa shape index (κ1) is 13.4. The van der Waals surface area contributed by atoms with Crippen molar-refractivity contribution >= 4 is 15.5 Å². The fraction of sp³-hybridized carbons (Fsp3) is 0.538. The maximum Gasteiger partial charge on any atom is 0.157 e. The molecule has 0 aliphatic carbocycles. The van der Waals surface area contributed by atoms with E-state index in [1.807, 2.05) is 24.3 Å². The number of nitrogens with two attached hydrogens (primary N) is 1. The lowest BCUT2D eigenvalue weighted by molar-refractivity contribution is 0.242. The van der Waals surface area contributed by atoms with Crippen molar-refractivity contribution in [3.8, 4) is 0 Å². The Morgan fingerprint density at radius 3 is 2.72 bits per heavy atom. The summed E-state index contributed by atoms with van der Waals surface area (Å²) in [5, 5.41) is 0. The monoisotopic (exact) mass is 268 g/mol. The number of hydrogen-bond acceptors (Lipinski definition) is 4. The molecule has 4 nitrogen and oxygen atoms in total. The van der Waals surface area contributed by atoms with Crippen molar-refractivity contribution in [2.45, 2.75) is 25.1 Å². The van der Waals surface area contributed by atoms with E-state index in [9.17, 15) is 8.42 Å². The van der Waals surface area contributed by atoms with Gasteiger partial charge in [-0.05, 0) is 31.5 Å². The smallest absolute Gasteiger partial charge is 0.157 e. The molecule has 18 heavy (non-hydrogen) atoms. The fourth-order valence-electron chi connectivity index (χ4n) is 2.33. The summed E-state index contributed by atoms with van der Waals surface area (Å²) in [6, 6.07) is 7.74. The van der Waals surface area contributed by atoms with Crippen molar-refractivity contribution in [3.63, 3.8) is 0 Å². The Kier molecular flexibility index (Phi) is 3.38. The first-order valence-electron chi connectivity index (χ1n) is 6.09. The van der Waals surface area contributed by atoms with Crippen molar-refractivity contribution in [3.05, 3.63) is 29.8 Å². The van der Waals surface area contributed by atoms with Gasteiger partial charge in [0.1, 0.15) is 0 Å². The molecule has 2 rings (SSSR count). The third-order valence-corrected chi connectivity index (χ3v) is 6.01. The Hall–Kier alpha value is -1.07. The second-order valence-electron chi connectivity index (χ2n) is 5.53. The molecule has 0 atom stereocenters. The van der Waals surface area contributed by atoms with E-state index in [0.717, 1.165) is 17.8 Å². The van der Waals surface area contributed by atoms with E-state index in [1.54, 1.807) is 13.8 Å². The number of nitrogen functional groups attached to an aromatic ring is 1. The van der Waals surface area contributed by atoms with Crippen LogP contribution in [-0.2, 0) is 16.4 Å². The van der Waals surface area contributed by atoms with Gasteiger partial charge >= 0.3 is 0 Å². The molecule has 1 aliphatic rings. The van der Waals surface area contributed by atoms with Crippen LogP contribution in [0.5, 0.6) is 0 Å². The lowest BCUT2D eigenvalue weighted by Gasteiger charge is -2.37. The third-order valence-electron chi connectivity index (χ3n) is 3.48. The topological polar surface area (TPSA) is 63.4 Å². The van der Waals surface area contributed by atoms with Gasteiger partial charge in [-0.2, -0.15) is 0 Å². The predicted octanol–water partition coefficient (Wildman–Crippen LogP) is 1.28. The van der Waals surface area contributed by atoms with Gasteiger partial charge in [-0.1, -0.05) is 12.1 Å². The third kappa shape index (κ3) is 2.67. The van der Waals surface area contributed by atoms with Gasteiger partial charge in [0.15, 0.2) is 9.84 Å². The molecular weight excluding hydrogens is 248 g/mol. The molecule has 1 heterocycles. The van der Waals surface area contributed by atoms with Crippen LogP contribution in [0.25, 0.3) is 0 Å². The van der Waals surface area contributed by atoms with Crippen molar-refractivity contribution in [1.82, 2.24) is 4.90 Å². The number of sulfone groups is 1. The Labute approximate surface area is 109 Å². The van der Waals surface area contributed by atoms with Gasteiger partial charge in [0.2, 0.25) is 0 Å². The minimum atomic E-state index is -2.96. The van der Waals surface area contributed by atoms with Gasteiger partial charge in [0.05, 0.1) is 10.5 Å². The van der Waals surface area contributed by atoms with Crippen molar-refractivity contribution in [2.24, 2.45) is 0 Å². The number of anilines is 1. The van der Waals surface area contributed by atoms with Crippen LogP contribution in [0.1, 0.15) is 19.4 Å². The molecular formula is C13H20N2O2S. The Bertz CT molecular complexity index is 538. The molecule has 0 aromatic heterocycles. The van der Waals surface area contributed by atoms with E-state index >= 15 is 0 Å². The van der Waals surface area contributed by atoms with Gasteiger partial charge in [-0.15, -0.1) is 0 Å². The number of benzene rings is 1. The molecule has 2 N–H and O–H groups in total. The minimum absolute atomic E-state index is 0.238. The lowest BCUT2D eigenvalue weighted by atomic mass is 10.1. The van der Waals surface area contributed by atoms with Crippen LogP contribution in [0.3, 0.4) is 0 Å². The maximum absolute atomic E-state index is 11.9. The highest BCUT2D eigenvalue weighted by molar-refractivity contribution is 7.92. The molecule has 1 aromatic rings. The van der Waals surface area contributed by atoms with E-state index in [4.69, 9.17) is 5.73 Å². The Morgan fingerprint density at radius 1 is 1.39 bits per heavy atom. The molecule has 1 fully saturated rings. The Morgan fingerprint density at radius 2 is 2.11 bits per heavy atom. The van der Waals surface area contributed by atoms with Crippen LogP contribution in [0, 0.1) is 0 Å². The lowest BCUT2D eigenvalue weighted by Crippen LogP contribution is -2.52. The van der Waals surface area contributed by atoms with Gasteiger partial charge in [-0.25, -0.2) is 8.42 Å². The maximum atomic E-state index is 11.9. The summed E-state index contributed by atoms with van der Waals surface area (Å²) in [5.74, 6) is 0.238. The van der Waals surface area contributed by atoms with E-state index in [1.165, 1.54) is 0 Å². The first-order valence-corrected chi connectivity index (χ1v) is 7.74. The van der Waals surface area contributed by atoms with E-state index in [-0.39, 0.29) is 5.75 Å². The van der Waals surface area contributed by atoms with Crippen LogP contribution in [0.2, 0.25) is 0 Å². The zero-order valence-electron chi connectivity index (χ0n) is 10.9. The second kappa shape index (κ2) is 4.55. The van der Waals surface area contributed by atoms with Crippen molar-refractivity contribution < 1.29 is 8.42 Å². The highest BCUT2D eigenvalue weighted by atomic mass is 32.2. The summed E-state index contributed by atoms with van der Waals surface area (Å²) in [5.41, 5.74) is 7.62. The average molecular weight is 268 g/mol. The highest BCUT2D eigenvalue weighted by Gasteiger charge is 2.39. The molecule has 1 aliphatic heterocycles. The van der Waals surface area contributed by atoms with Crippen LogP contribution >= 0.6 is 0 Å².